The van der Waals surface area contributed by atoms with Crippen molar-refractivity contribution in [3.63, 3.8) is 0 Å². The molecule has 0 saturated carbocycles. The van der Waals surface area contributed by atoms with Gasteiger partial charge in [-0.15, -0.1) is 0 Å². The van der Waals surface area contributed by atoms with Gasteiger partial charge < -0.3 is 14.8 Å². The van der Waals surface area contributed by atoms with Crippen LogP contribution in [0.5, 0.6) is 11.5 Å². The molecule has 1 aromatic carbocycles. The van der Waals surface area contributed by atoms with Crippen LogP contribution < -0.4 is 14.8 Å². The number of nitrogens with one attached hydrogen (secondary N) is 1. The number of aromatic nitrogens is 1. The summed E-state index contributed by atoms with van der Waals surface area (Å²) in [7, 11) is 3.72. The van der Waals surface area contributed by atoms with Crippen molar-refractivity contribution in [3.8, 4) is 11.5 Å². The molecule has 2 bridgehead atoms. The third kappa shape index (κ3) is 3.43. The van der Waals surface area contributed by atoms with Crippen LogP contribution in [0.15, 0.2) is 12.1 Å². The molecule has 1 aliphatic carbocycles. The molecule has 156 valence electrons. The van der Waals surface area contributed by atoms with Crippen LogP contribution in [0.25, 0.3) is 10.9 Å². The summed E-state index contributed by atoms with van der Waals surface area (Å²) in [6.45, 7) is 1.88. The molecule has 2 aliphatic heterocycles. The molecule has 3 aliphatic rings. The molecular weight excluding hydrogens is 362 g/mol. The monoisotopic (exact) mass is 395 g/mol. The molecule has 0 spiro atoms. The Morgan fingerprint density at radius 2 is 1.90 bits per heavy atom. The highest BCUT2D eigenvalue weighted by Gasteiger charge is 2.35. The first kappa shape index (κ1) is 19.0. The summed E-state index contributed by atoms with van der Waals surface area (Å²) in [6.07, 6.45) is 11.4. The van der Waals surface area contributed by atoms with Crippen LogP contribution in [-0.2, 0) is 12.8 Å². The second-order valence-electron chi connectivity index (χ2n) is 8.79. The van der Waals surface area contributed by atoms with Crippen LogP contribution in [0.4, 0.5) is 5.69 Å². The van der Waals surface area contributed by atoms with Crippen molar-refractivity contribution in [2.24, 2.45) is 0 Å². The largest absolute Gasteiger partial charge is 0.493 e. The number of anilines is 1. The zero-order valence-corrected chi connectivity index (χ0v) is 17.8. The summed E-state index contributed by atoms with van der Waals surface area (Å²) in [4.78, 5) is 7.69. The fourth-order valence-corrected chi connectivity index (χ4v) is 5.85. The van der Waals surface area contributed by atoms with Gasteiger partial charge in [0.05, 0.1) is 19.2 Å². The van der Waals surface area contributed by atoms with Gasteiger partial charge >= 0.3 is 0 Å². The maximum absolute atomic E-state index is 6.20. The minimum atomic E-state index is 0.724. The van der Waals surface area contributed by atoms with Crippen molar-refractivity contribution in [3.05, 3.63) is 23.4 Å². The molecule has 2 fully saturated rings. The third-order valence-corrected chi connectivity index (χ3v) is 7.21. The molecule has 1 N–H and O–H groups in total. The summed E-state index contributed by atoms with van der Waals surface area (Å²) >= 11 is 0. The molecule has 2 saturated heterocycles. The first-order valence-corrected chi connectivity index (χ1v) is 11.4. The summed E-state index contributed by atoms with van der Waals surface area (Å²) < 4.78 is 11.9. The van der Waals surface area contributed by atoms with Gasteiger partial charge in [-0.1, -0.05) is 6.42 Å². The Balaban J connectivity index is 1.31. The number of fused-ring (bicyclic) bond motifs is 4. The SMILES string of the molecule is CNc1c2c(nc3cc(OCCCN4C5CCCC4CC5)c(OC)cc13)CCC2. The number of hydrogen-bond donors (Lipinski definition) is 1. The first-order chi connectivity index (χ1) is 14.3. The predicted octanol–water partition coefficient (Wildman–Crippen LogP) is 4.56. The predicted molar refractivity (Wildman–Crippen MR) is 117 cm³/mol. The lowest BCUT2D eigenvalue weighted by atomic mass is 10.0. The number of methoxy groups -OCH3 is 1. The highest BCUT2D eigenvalue weighted by atomic mass is 16.5. The van der Waals surface area contributed by atoms with Gasteiger partial charge in [0.2, 0.25) is 0 Å². The van der Waals surface area contributed by atoms with Crippen LogP contribution in [0.1, 0.15) is 56.2 Å². The summed E-state index contributed by atoms with van der Waals surface area (Å²) in [5.41, 5.74) is 4.80. The van der Waals surface area contributed by atoms with E-state index in [1.807, 2.05) is 7.05 Å². The molecule has 5 nitrogen and oxygen atoms in total. The maximum Gasteiger partial charge on any atom is 0.163 e. The molecule has 2 atom stereocenters. The Kier molecular flexibility index (Phi) is 5.25. The quantitative estimate of drug-likeness (QED) is 0.697. The Morgan fingerprint density at radius 1 is 1.07 bits per heavy atom. The van der Waals surface area contributed by atoms with E-state index in [2.05, 4.69) is 22.3 Å². The molecule has 2 unspecified atom stereocenters. The molecule has 29 heavy (non-hydrogen) atoms. The van der Waals surface area contributed by atoms with Crippen molar-refractivity contribution in [1.29, 1.82) is 0 Å². The smallest absolute Gasteiger partial charge is 0.163 e. The Morgan fingerprint density at radius 3 is 2.66 bits per heavy atom. The lowest BCUT2D eigenvalue weighted by Gasteiger charge is -2.34. The highest BCUT2D eigenvalue weighted by molar-refractivity contribution is 5.95. The average molecular weight is 396 g/mol. The van der Waals surface area contributed by atoms with Gasteiger partial charge in [0.1, 0.15) is 0 Å². The number of benzene rings is 1. The van der Waals surface area contributed by atoms with Gasteiger partial charge in [0.25, 0.3) is 0 Å². The Labute approximate surface area is 173 Å². The molecule has 0 amide bonds. The topological polar surface area (TPSA) is 46.6 Å². The minimum absolute atomic E-state index is 0.724. The van der Waals surface area contributed by atoms with Crippen molar-refractivity contribution < 1.29 is 9.47 Å². The van der Waals surface area contributed by atoms with Gasteiger partial charge in [-0.25, -0.2) is 0 Å². The number of piperidine rings is 1. The summed E-state index contributed by atoms with van der Waals surface area (Å²) in [6, 6.07) is 5.82. The van der Waals surface area contributed by atoms with Crippen LogP contribution in [-0.4, -0.2) is 49.3 Å². The van der Waals surface area contributed by atoms with Crippen molar-refractivity contribution in [2.45, 2.75) is 69.9 Å². The summed E-state index contributed by atoms with van der Waals surface area (Å²) in [5.74, 6) is 1.61. The number of aryl methyl sites for hydroxylation is 1. The van der Waals surface area contributed by atoms with E-state index in [0.29, 0.717) is 0 Å². The van der Waals surface area contributed by atoms with E-state index in [0.717, 1.165) is 66.9 Å². The summed E-state index contributed by atoms with van der Waals surface area (Å²) in [5, 5.41) is 4.53. The van der Waals surface area contributed by atoms with Crippen LogP contribution in [0, 0.1) is 0 Å². The van der Waals surface area contributed by atoms with E-state index in [4.69, 9.17) is 14.5 Å². The number of pyridine rings is 1. The van der Waals surface area contributed by atoms with Crippen LogP contribution >= 0.6 is 0 Å². The number of rotatable bonds is 7. The van der Waals surface area contributed by atoms with E-state index in [1.165, 1.54) is 55.5 Å². The molecule has 0 radical (unpaired) electrons. The molecule has 1 aromatic heterocycles. The lowest BCUT2D eigenvalue weighted by molar-refractivity contribution is 0.130. The highest BCUT2D eigenvalue weighted by Crippen LogP contribution is 2.39. The number of hydrogen-bond acceptors (Lipinski definition) is 5. The van der Waals surface area contributed by atoms with E-state index < -0.39 is 0 Å². The van der Waals surface area contributed by atoms with Crippen LogP contribution in [0.3, 0.4) is 0 Å². The first-order valence-electron chi connectivity index (χ1n) is 11.4. The fourth-order valence-electron chi connectivity index (χ4n) is 5.85. The second kappa shape index (κ2) is 8.02. The van der Waals surface area contributed by atoms with Crippen LogP contribution in [0.2, 0.25) is 0 Å². The molecular formula is C24H33N3O2. The van der Waals surface area contributed by atoms with Crippen molar-refractivity contribution in [1.82, 2.24) is 9.88 Å². The van der Waals surface area contributed by atoms with E-state index >= 15 is 0 Å². The van der Waals surface area contributed by atoms with E-state index in [1.54, 1.807) is 7.11 Å². The molecule has 5 heteroatoms. The molecule has 2 aromatic rings. The van der Waals surface area contributed by atoms with E-state index in [9.17, 15) is 0 Å². The van der Waals surface area contributed by atoms with Gasteiger partial charge in [-0.05, 0) is 63.0 Å². The third-order valence-electron chi connectivity index (χ3n) is 7.21. The van der Waals surface area contributed by atoms with Crippen molar-refractivity contribution in [2.75, 3.05) is 32.6 Å². The number of ether oxygens (including phenoxy) is 2. The second-order valence-corrected chi connectivity index (χ2v) is 8.79. The Hall–Kier alpha value is -2.01. The van der Waals surface area contributed by atoms with Crippen molar-refractivity contribution >= 4 is 16.6 Å². The number of nitrogens with zero attached hydrogens (tertiary/aromatic N) is 2. The standard InChI is InChI=1S/C24H33N3O2/c1-25-24-18-8-4-9-20(18)26-21-15-23(22(28-2)14-19(21)24)29-13-5-12-27-16-6-3-7-17(27)11-10-16/h14-17H,3-13H2,1-2H3,(H,25,26). The average Bonchev–Trinajstić information content (AvgIpc) is 3.28. The zero-order valence-electron chi connectivity index (χ0n) is 17.8. The normalized spacial score (nSPS) is 23.4. The van der Waals surface area contributed by atoms with Gasteiger partial charge in [-0.3, -0.25) is 9.88 Å². The van der Waals surface area contributed by atoms with E-state index in [-0.39, 0.29) is 0 Å². The Bertz CT molecular complexity index is 882. The van der Waals surface area contributed by atoms with Gasteiger partial charge in [0, 0.05) is 48.5 Å². The fraction of sp³-hybridized carbons (Fsp3) is 0.625. The molecule has 5 rings (SSSR count). The lowest BCUT2D eigenvalue weighted by Crippen LogP contribution is -2.40. The zero-order chi connectivity index (χ0) is 19.8. The van der Waals surface area contributed by atoms with Gasteiger partial charge in [0.15, 0.2) is 11.5 Å². The maximum atomic E-state index is 6.20. The minimum Gasteiger partial charge on any atom is -0.493 e. The molecule has 3 heterocycles. The van der Waals surface area contributed by atoms with Gasteiger partial charge in [-0.2, -0.15) is 0 Å².